The van der Waals surface area contributed by atoms with Gasteiger partial charge in [-0.1, -0.05) is 77.1 Å². The van der Waals surface area contributed by atoms with Crippen molar-refractivity contribution in [1.82, 2.24) is 23.7 Å². The lowest BCUT2D eigenvalue weighted by Gasteiger charge is -2.06. The Labute approximate surface area is 302 Å². The minimum Gasteiger partial charge on any atom is -0.365 e. The summed E-state index contributed by atoms with van der Waals surface area (Å²) in [6.07, 6.45) is 8.04. The second kappa shape index (κ2) is 17.2. The fourth-order valence-corrected chi connectivity index (χ4v) is 8.23. The van der Waals surface area contributed by atoms with Gasteiger partial charge in [-0.25, -0.2) is 4.98 Å². The molecule has 6 N–H and O–H groups in total. The van der Waals surface area contributed by atoms with Crippen LogP contribution in [0.2, 0.25) is 10.0 Å². The van der Waals surface area contributed by atoms with E-state index in [-0.39, 0.29) is 0 Å². The third kappa shape index (κ3) is 9.65. The van der Waals surface area contributed by atoms with E-state index in [9.17, 15) is 9.59 Å². The predicted octanol–water partition coefficient (Wildman–Crippen LogP) is 8.05. The van der Waals surface area contributed by atoms with Crippen molar-refractivity contribution in [1.29, 1.82) is 0 Å². The highest BCUT2D eigenvalue weighted by atomic mass is 35.5. The van der Waals surface area contributed by atoms with Gasteiger partial charge in [0.2, 0.25) is 0 Å². The molecule has 4 heterocycles. The van der Waals surface area contributed by atoms with Crippen LogP contribution < -0.4 is 22.1 Å². The smallest absolute Gasteiger partial charge is 0.254 e. The SMILES string of the molecule is NC(=O)c1c(SCc2ccc(Cl)cc2)nsc1Nc1cnccn1.NC(=O)c1c(SCc2ccccc2Cl)nsc1Nc1cccnc1. The number of hydrogen-bond acceptors (Lipinski definition) is 13. The number of aromatic nitrogens is 5. The van der Waals surface area contributed by atoms with Crippen molar-refractivity contribution in [3.63, 3.8) is 0 Å². The lowest BCUT2D eigenvalue weighted by Crippen LogP contribution is -2.13. The molecule has 0 spiro atoms. The molecule has 0 saturated heterocycles. The first-order valence-corrected chi connectivity index (χ1v) is 18.1. The monoisotopic (exact) mass is 753 g/mol. The van der Waals surface area contributed by atoms with E-state index in [0.29, 0.717) is 58.5 Å². The number of nitrogens with zero attached hydrogens (tertiary/aromatic N) is 5. The van der Waals surface area contributed by atoms with Crippen LogP contribution in [-0.4, -0.2) is 35.5 Å². The highest BCUT2D eigenvalue weighted by Gasteiger charge is 2.21. The molecule has 0 aliphatic heterocycles. The van der Waals surface area contributed by atoms with Crippen LogP contribution in [0, 0.1) is 0 Å². The maximum Gasteiger partial charge on any atom is 0.254 e. The molecular formula is C31H25Cl2N9O2S4. The fraction of sp³-hybridized carbons (Fsp3) is 0.0645. The number of hydrogen-bond donors (Lipinski definition) is 4. The molecule has 0 aliphatic carbocycles. The molecule has 0 bridgehead atoms. The molecule has 2 amide bonds. The van der Waals surface area contributed by atoms with E-state index in [1.54, 1.807) is 37.1 Å². The second-order valence-corrected chi connectivity index (χ2v) is 13.8. The zero-order valence-electron chi connectivity index (χ0n) is 24.7. The largest absolute Gasteiger partial charge is 0.365 e. The van der Waals surface area contributed by atoms with Gasteiger partial charge in [-0.2, -0.15) is 8.75 Å². The molecule has 0 atom stereocenters. The van der Waals surface area contributed by atoms with Crippen LogP contribution in [0.15, 0.2) is 102 Å². The van der Waals surface area contributed by atoms with Gasteiger partial charge in [0.1, 0.15) is 37.0 Å². The summed E-state index contributed by atoms with van der Waals surface area (Å²) >= 11 is 17.3. The van der Waals surface area contributed by atoms with Crippen molar-refractivity contribution in [3.05, 3.63) is 124 Å². The third-order valence-corrected chi connectivity index (χ3v) is 10.6. The maximum atomic E-state index is 11.9. The third-order valence-electron chi connectivity index (χ3n) is 6.15. The average molecular weight is 755 g/mol. The number of rotatable bonds is 12. The van der Waals surface area contributed by atoms with Gasteiger partial charge in [-0.15, -0.1) is 0 Å². The number of carbonyl (C=O) groups is 2. The number of nitrogens with two attached hydrogens (primary N) is 2. The van der Waals surface area contributed by atoms with Gasteiger partial charge >= 0.3 is 0 Å². The zero-order valence-corrected chi connectivity index (χ0v) is 29.4. The van der Waals surface area contributed by atoms with Crippen LogP contribution in [0.4, 0.5) is 21.5 Å². The van der Waals surface area contributed by atoms with Gasteiger partial charge in [0, 0.05) is 40.1 Å². The average Bonchev–Trinajstić information content (AvgIpc) is 3.69. The molecule has 2 aromatic carbocycles. The highest BCUT2D eigenvalue weighted by molar-refractivity contribution is 7.98. The van der Waals surface area contributed by atoms with Crippen LogP contribution in [-0.2, 0) is 11.5 Å². The highest BCUT2D eigenvalue weighted by Crippen LogP contribution is 2.36. The van der Waals surface area contributed by atoms with Crippen LogP contribution in [0.1, 0.15) is 31.8 Å². The van der Waals surface area contributed by atoms with E-state index in [1.807, 2.05) is 54.6 Å². The number of amides is 2. The Morgan fingerprint density at radius 3 is 1.98 bits per heavy atom. The number of carbonyl (C=O) groups excluding carboxylic acids is 2. The summed E-state index contributed by atoms with van der Waals surface area (Å²) in [6, 6.07) is 18.8. The first-order valence-electron chi connectivity index (χ1n) is 13.8. The number of benzene rings is 2. The quantitative estimate of drug-likeness (QED) is 0.0890. The van der Waals surface area contributed by atoms with E-state index in [4.69, 9.17) is 34.7 Å². The molecule has 244 valence electrons. The van der Waals surface area contributed by atoms with Crippen molar-refractivity contribution in [3.8, 4) is 0 Å². The first kappa shape index (κ1) is 35.1. The molecular weight excluding hydrogens is 730 g/mol. The predicted molar refractivity (Wildman–Crippen MR) is 196 cm³/mol. The van der Waals surface area contributed by atoms with Crippen molar-refractivity contribution in [2.45, 2.75) is 21.6 Å². The van der Waals surface area contributed by atoms with Crippen LogP contribution in [0.3, 0.4) is 0 Å². The standard InChI is InChI=1S/C16H13ClN4OS2.C15H12ClN5OS2/c17-12-6-2-1-4-10(12)9-23-16-13(14(18)22)15(24-21-16)20-11-5-3-7-19-8-11;16-10-3-1-9(2-4-10)8-23-15-12(13(17)22)14(24-21-15)20-11-7-18-5-6-19-11/h1-8,20H,9H2,(H2,18,22);1-7H,8H2,(H2,17,22)(H,19,20). The molecule has 11 nitrogen and oxygen atoms in total. The number of thioether (sulfide) groups is 2. The summed E-state index contributed by atoms with van der Waals surface area (Å²) in [7, 11) is 0. The van der Waals surface area contributed by atoms with E-state index in [1.165, 1.54) is 46.6 Å². The van der Waals surface area contributed by atoms with Crippen molar-refractivity contribution < 1.29 is 9.59 Å². The lowest BCUT2D eigenvalue weighted by atomic mass is 10.2. The number of nitrogens with one attached hydrogen (secondary N) is 2. The van der Waals surface area contributed by atoms with Gasteiger partial charge in [-0.05, 0) is 64.5 Å². The molecule has 48 heavy (non-hydrogen) atoms. The van der Waals surface area contributed by atoms with Gasteiger partial charge in [0.25, 0.3) is 11.8 Å². The normalized spacial score (nSPS) is 10.5. The van der Waals surface area contributed by atoms with E-state index in [0.717, 1.165) is 16.8 Å². The first-order chi connectivity index (χ1) is 23.3. The maximum absolute atomic E-state index is 11.9. The Kier molecular flexibility index (Phi) is 12.6. The second-order valence-electron chi connectivity index (χ2n) is 9.49. The van der Waals surface area contributed by atoms with Crippen LogP contribution >= 0.6 is 69.8 Å². The number of anilines is 4. The number of pyridine rings is 1. The molecule has 6 rings (SSSR count). The summed E-state index contributed by atoms with van der Waals surface area (Å²) in [5, 5.41) is 9.90. The van der Waals surface area contributed by atoms with Crippen molar-refractivity contribution in [2.75, 3.05) is 10.6 Å². The molecule has 0 aliphatic rings. The zero-order chi connectivity index (χ0) is 33.9. The Bertz CT molecular complexity index is 1980. The van der Waals surface area contributed by atoms with Crippen LogP contribution in [0.25, 0.3) is 0 Å². The Morgan fingerprint density at radius 2 is 1.38 bits per heavy atom. The van der Waals surface area contributed by atoms with Gasteiger partial charge in [0.05, 0.1) is 18.1 Å². The van der Waals surface area contributed by atoms with E-state index < -0.39 is 11.8 Å². The van der Waals surface area contributed by atoms with Crippen molar-refractivity contribution in [2.24, 2.45) is 11.5 Å². The summed E-state index contributed by atoms with van der Waals surface area (Å²) in [4.78, 5) is 35.8. The summed E-state index contributed by atoms with van der Waals surface area (Å²) in [5.74, 6) is 0.741. The summed E-state index contributed by atoms with van der Waals surface area (Å²) in [5.41, 5.74) is 14.7. The Morgan fingerprint density at radius 1 is 0.729 bits per heavy atom. The van der Waals surface area contributed by atoms with E-state index in [2.05, 4.69) is 34.3 Å². The molecule has 0 radical (unpaired) electrons. The molecule has 0 fully saturated rings. The topological polar surface area (TPSA) is 175 Å². The van der Waals surface area contributed by atoms with Gasteiger partial charge < -0.3 is 22.1 Å². The Balaban J connectivity index is 0.000000188. The molecule has 0 saturated carbocycles. The molecule has 17 heteroatoms. The minimum atomic E-state index is -0.534. The molecule has 0 unspecified atom stereocenters. The number of primary amides is 2. The summed E-state index contributed by atoms with van der Waals surface area (Å²) in [6.45, 7) is 0. The summed E-state index contributed by atoms with van der Waals surface area (Å²) < 4.78 is 8.69. The van der Waals surface area contributed by atoms with Gasteiger partial charge in [-0.3, -0.25) is 19.6 Å². The Hall–Kier alpha value is -4.25. The van der Waals surface area contributed by atoms with Gasteiger partial charge in [0.15, 0.2) is 0 Å². The van der Waals surface area contributed by atoms with E-state index >= 15 is 0 Å². The van der Waals surface area contributed by atoms with Crippen LogP contribution in [0.5, 0.6) is 0 Å². The molecule has 4 aromatic heterocycles. The molecule has 6 aromatic rings. The minimum absolute atomic E-state index is 0.365. The van der Waals surface area contributed by atoms with Crippen molar-refractivity contribution >= 4 is 103 Å². The number of halogens is 2. The fourth-order valence-electron chi connectivity index (χ4n) is 3.89. The lowest BCUT2D eigenvalue weighted by molar-refractivity contribution is 0.0990.